The van der Waals surface area contributed by atoms with Crippen LogP contribution in [-0.2, 0) is 12.0 Å². The molecular formula is C13H15IN2O2. The van der Waals surface area contributed by atoms with Crippen LogP contribution < -0.4 is 4.74 Å². The molecule has 0 saturated carbocycles. The van der Waals surface area contributed by atoms with E-state index in [1.54, 1.807) is 0 Å². The Morgan fingerprint density at radius 3 is 2.72 bits per heavy atom. The van der Waals surface area contributed by atoms with Crippen molar-refractivity contribution in [1.29, 1.82) is 0 Å². The maximum Gasteiger partial charge on any atom is 0.232 e. The maximum atomic E-state index is 5.61. The molecule has 5 heteroatoms. The number of halogens is 1. The zero-order chi connectivity index (χ0) is 13.2. The molecule has 0 aliphatic carbocycles. The van der Waals surface area contributed by atoms with Crippen molar-refractivity contribution in [2.24, 2.45) is 0 Å². The highest BCUT2D eigenvalue weighted by molar-refractivity contribution is 14.1. The van der Waals surface area contributed by atoms with Crippen LogP contribution in [0.5, 0.6) is 5.75 Å². The Hall–Kier alpha value is -1.11. The van der Waals surface area contributed by atoms with Crippen molar-refractivity contribution in [2.45, 2.75) is 32.8 Å². The van der Waals surface area contributed by atoms with Gasteiger partial charge in [-0.25, -0.2) is 0 Å². The molecule has 18 heavy (non-hydrogen) atoms. The minimum absolute atomic E-state index is 0.132. The summed E-state index contributed by atoms with van der Waals surface area (Å²) in [5.41, 5.74) is -0.132. The predicted octanol–water partition coefficient (Wildman–Crippen LogP) is 3.55. The first kappa shape index (κ1) is 13.3. The molecule has 0 N–H and O–H groups in total. The van der Waals surface area contributed by atoms with E-state index in [9.17, 15) is 0 Å². The molecule has 0 spiro atoms. The Morgan fingerprint density at radius 2 is 2.11 bits per heavy atom. The van der Waals surface area contributed by atoms with Gasteiger partial charge in [-0.2, -0.15) is 4.98 Å². The van der Waals surface area contributed by atoms with Gasteiger partial charge in [0.2, 0.25) is 11.7 Å². The molecule has 1 aromatic heterocycles. The lowest BCUT2D eigenvalue weighted by Crippen LogP contribution is -2.11. The highest BCUT2D eigenvalue weighted by atomic mass is 127. The third-order valence-corrected chi connectivity index (χ3v) is 2.94. The van der Waals surface area contributed by atoms with Crippen LogP contribution in [-0.4, -0.2) is 10.1 Å². The predicted molar refractivity (Wildman–Crippen MR) is 76.5 cm³/mol. The first-order valence-electron chi connectivity index (χ1n) is 5.66. The zero-order valence-corrected chi connectivity index (χ0v) is 12.8. The number of benzene rings is 1. The molecule has 0 atom stereocenters. The highest BCUT2D eigenvalue weighted by Crippen LogP contribution is 2.20. The Balaban J connectivity index is 2.01. The number of ether oxygens (including phenoxy) is 1. The Labute approximate surface area is 120 Å². The summed E-state index contributed by atoms with van der Waals surface area (Å²) in [6, 6.07) is 7.84. The van der Waals surface area contributed by atoms with Crippen LogP contribution in [0, 0.1) is 3.57 Å². The molecule has 0 bridgehead atoms. The zero-order valence-electron chi connectivity index (χ0n) is 10.6. The van der Waals surface area contributed by atoms with Crippen molar-refractivity contribution < 1.29 is 9.26 Å². The largest absolute Gasteiger partial charge is 0.485 e. The van der Waals surface area contributed by atoms with Crippen molar-refractivity contribution in [2.75, 3.05) is 0 Å². The first-order valence-corrected chi connectivity index (χ1v) is 6.74. The summed E-state index contributed by atoms with van der Waals surface area (Å²) < 4.78 is 11.9. The standard InChI is InChI=1S/C13H15IN2O2/c1-13(2,3)12-15-11(16-18-12)8-17-10-6-4-5-9(14)7-10/h4-7H,8H2,1-3H3. The van der Waals surface area contributed by atoms with Gasteiger partial charge in [0, 0.05) is 8.99 Å². The van der Waals surface area contributed by atoms with Gasteiger partial charge in [0.05, 0.1) is 0 Å². The molecule has 1 heterocycles. The second-order valence-electron chi connectivity index (χ2n) is 5.01. The van der Waals surface area contributed by atoms with Crippen LogP contribution in [0.3, 0.4) is 0 Å². The van der Waals surface area contributed by atoms with Gasteiger partial charge in [0.15, 0.2) is 6.61 Å². The van der Waals surface area contributed by atoms with E-state index in [1.807, 2.05) is 45.0 Å². The molecular weight excluding hydrogens is 343 g/mol. The molecule has 0 aliphatic heterocycles. The molecule has 4 nitrogen and oxygen atoms in total. The fraction of sp³-hybridized carbons (Fsp3) is 0.385. The van der Waals surface area contributed by atoms with Crippen LogP contribution in [0.1, 0.15) is 32.5 Å². The summed E-state index contributed by atoms with van der Waals surface area (Å²) in [5.74, 6) is 2.01. The molecule has 96 valence electrons. The molecule has 0 unspecified atom stereocenters. The average molecular weight is 358 g/mol. The van der Waals surface area contributed by atoms with Crippen molar-refractivity contribution in [3.05, 3.63) is 39.6 Å². The Kier molecular flexibility index (Phi) is 3.89. The van der Waals surface area contributed by atoms with Crippen molar-refractivity contribution in [1.82, 2.24) is 10.1 Å². The lowest BCUT2D eigenvalue weighted by molar-refractivity contribution is 0.280. The third kappa shape index (κ3) is 3.44. The number of nitrogens with zero attached hydrogens (tertiary/aromatic N) is 2. The summed E-state index contributed by atoms with van der Waals surface area (Å²) in [7, 11) is 0. The van der Waals surface area contributed by atoms with Crippen molar-refractivity contribution in [3.63, 3.8) is 0 Å². The second-order valence-corrected chi connectivity index (χ2v) is 6.26. The van der Waals surface area contributed by atoms with E-state index in [1.165, 1.54) is 0 Å². The van der Waals surface area contributed by atoms with Crippen LogP contribution >= 0.6 is 22.6 Å². The quantitative estimate of drug-likeness (QED) is 0.788. The molecule has 0 fully saturated rings. The number of hydrogen-bond acceptors (Lipinski definition) is 4. The fourth-order valence-electron chi connectivity index (χ4n) is 1.32. The van der Waals surface area contributed by atoms with Gasteiger partial charge in [-0.1, -0.05) is 32.0 Å². The number of aromatic nitrogens is 2. The van der Waals surface area contributed by atoms with Gasteiger partial charge in [-0.3, -0.25) is 0 Å². The molecule has 1 aromatic carbocycles. The topological polar surface area (TPSA) is 48.2 Å². The van der Waals surface area contributed by atoms with E-state index in [-0.39, 0.29) is 5.41 Å². The van der Waals surface area contributed by atoms with Gasteiger partial charge in [-0.05, 0) is 40.8 Å². The lowest BCUT2D eigenvalue weighted by Gasteiger charge is -2.10. The van der Waals surface area contributed by atoms with Crippen LogP contribution in [0.2, 0.25) is 0 Å². The summed E-state index contributed by atoms with van der Waals surface area (Å²) in [6.45, 7) is 6.42. The van der Waals surface area contributed by atoms with E-state index < -0.39 is 0 Å². The van der Waals surface area contributed by atoms with E-state index in [0.29, 0.717) is 18.3 Å². The average Bonchev–Trinajstić information content (AvgIpc) is 2.74. The van der Waals surface area contributed by atoms with E-state index >= 15 is 0 Å². The molecule has 2 aromatic rings. The fourth-order valence-corrected chi connectivity index (χ4v) is 1.84. The molecule has 2 rings (SSSR count). The van der Waals surface area contributed by atoms with Crippen LogP contribution in [0.4, 0.5) is 0 Å². The third-order valence-electron chi connectivity index (χ3n) is 2.27. The van der Waals surface area contributed by atoms with Crippen molar-refractivity contribution >= 4 is 22.6 Å². The Morgan fingerprint density at radius 1 is 1.33 bits per heavy atom. The van der Waals surface area contributed by atoms with Crippen LogP contribution in [0.15, 0.2) is 28.8 Å². The van der Waals surface area contributed by atoms with Crippen LogP contribution in [0.25, 0.3) is 0 Å². The second kappa shape index (κ2) is 5.26. The lowest BCUT2D eigenvalue weighted by atomic mass is 9.97. The first-order chi connectivity index (χ1) is 8.45. The van der Waals surface area contributed by atoms with E-state index in [4.69, 9.17) is 9.26 Å². The highest BCUT2D eigenvalue weighted by Gasteiger charge is 2.21. The van der Waals surface area contributed by atoms with Gasteiger partial charge < -0.3 is 9.26 Å². The monoisotopic (exact) mass is 358 g/mol. The molecule has 0 amide bonds. The van der Waals surface area contributed by atoms with Crippen molar-refractivity contribution in [3.8, 4) is 5.75 Å². The SMILES string of the molecule is CC(C)(C)c1nc(COc2cccc(I)c2)no1. The number of hydrogen-bond donors (Lipinski definition) is 0. The smallest absolute Gasteiger partial charge is 0.232 e. The molecule has 0 radical (unpaired) electrons. The Bertz CT molecular complexity index is 532. The summed E-state index contributed by atoms with van der Waals surface area (Å²) in [5, 5.41) is 3.91. The van der Waals surface area contributed by atoms with Gasteiger partial charge in [-0.15, -0.1) is 0 Å². The molecule has 0 aliphatic rings. The molecule has 0 saturated heterocycles. The number of rotatable bonds is 3. The normalized spacial score (nSPS) is 11.6. The maximum absolute atomic E-state index is 5.61. The minimum atomic E-state index is -0.132. The van der Waals surface area contributed by atoms with E-state index in [2.05, 4.69) is 32.7 Å². The summed E-state index contributed by atoms with van der Waals surface area (Å²) >= 11 is 2.24. The van der Waals surface area contributed by atoms with Gasteiger partial charge >= 0.3 is 0 Å². The van der Waals surface area contributed by atoms with E-state index in [0.717, 1.165) is 9.32 Å². The van der Waals surface area contributed by atoms with Gasteiger partial charge in [0.25, 0.3) is 0 Å². The summed E-state index contributed by atoms with van der Waals surface area (Å²) in [6.07, 6.45) is 0. The minimum Gasteiger partial charge on any atom is -0.485 e. The summed E-state index contributed by atoms with van der Waals surface area (Å²) in [4.78, 5) is 4.31. The van der Waals surface area contributed by atoms with Gasteiger partial charge in [0.1, 0.15) is 5.75 Å².